The van der Waals surface area contributed by atoms with E-state index in [2.05, 4.69) is 20.2 Å². The summed E-state index contributed by atoms with van der Waals surface area (Å²) in [5, 5.41) is 10.0. The van der Waals surface area contributed by atoms with Crippen LogP contribution in [-0.4, -0.2) is 46.2 Å². The first kappa shape index (κ1) is 24.3. The van der Waals surface area contributed by atoms with E-state index in [-0.39, 0.29) is 36.0 Å². The molecule has 2 aromatic carbocycles. The van der Waals surface area contributed by atoms with Gasteiger partial charge in [-0.3, -0.25) is 5.01 Å². The second-order valence-corrected chi connectivity index (χ2v) is 8.06. The molecule has 0 unspecified atom stereocenters. The van der Waals surface area contributed by atoms with Gasteiger partial charge in [0, 0.05) is 17.7 Å². The molecule has 37 heavy (non-hydrogen) atoms. The van der Waals surface area contributed by atoms with Crippen LogP contribution in [0, 0.1) is 11.6 Å². The Labute approximate surface area is 206 Å². The van der Waals surface area contributed by atoms with Crippen molar-refractivity contribution in [2.45, 2.75) is 19.3 Å². The summed E-state index contributed by atoms with van der Waals surface area (Å²) in [5.74, 6) is -1.07. The number of halogens is 5. The summed E-state index contributed by atoms with van der Waals surface area (Å²) in [7, 11) is 1.38. The zero-order valence-electron chi connectivity index (χ0n) is 19.1. The van der Waals surface area contributed by atoms with Gasteiger partial charge in [-0.1, -0.05) is 11.2 Å². The highest BCUT2D eigenvalue weighted by molar-refractivity contribution is 5.80. The van der Waals surface area contributed by atoms with Crippen LogP contribution in [0.1, 0.15) is 17.1 Å². The largest absolute Gasteiger partial charge is 0.496 e. The molecule has 4 aromatic rings. The minimum atomic E-state index is -4.46. The van der Waals surface area contributed by atoms with Crippen molar-refractivity contribution in [3.05, 3.63) is 71.2 Å². The Morgan fingerprint density at radius 1 is 1.11 bits per heavy atom. The summed E-state index contributed by atoms with van der Waals surface area (Å²) in [4.78, 5) is 7.33. The SMILES string of the molecule is COc1cc(OCC(F)(F)F)ccc1-c1cc(CN2Cc3nc(-c4cccc(F)c4F)[nH]c3C=N2)on1. The standard InChI is InChI=1S/C24H18F5N5O3/c1-35-21-8-13(36-12-24(27,28)29)5-6-15(21)18-7-14(37-33-18)10-34-11-20-19(9-30-34)31-23(32-20)16-3-2-4-17(25)22(16)26/h2-9H,10-12H2,1H3,(H,31,32). The van der Waals surface area contributed by atoms with E-state index < -0.39 is 24.4 Å². The minimum Gasteiger partial charge on any atom is -0.496 e. The fourth-order valence-corrected chi connectivity index (χ4v) is 3.75. The molecule has 1 aliphatic heterocycles. The number of imidazole rings is 1. The van der Waals surface area contributed by atoms with Crippen LogP contribution in [0.15, 0.2) is 52.1 Å². The van der Waals surface area contributed by atoms with Crippen molar-refractivity contribution in [2.75, 3.05) is 13.7 Å². The zero-order valence-corrected chi connectivity index (χ0v) is 19.1. The number of hydrazone groups is 1. The van der Waals surface area contributed by atoms with E-state index in [1.165, 1.54) is 43.7 Å². The van der Waals surface area contributed by atoms with Gasteiger partial charge in [-0.15, -0.1) is 0 Å². The Hall–Kier alpha value is -4.42. The minimum absolute atomic E-state index is 0.00315. The number of H-pyrrole nitrogens is 1. The van der Waals surface area contributed by atoms with Gasteiger partial charge < -0.3 is 19.0 Å². The second-order valence-electron chi connectivity index (χ2n) is 8.06. The Morgan fingerprint density at radius 3 is 2.73 bits per heavy atom. The average Bonchev–Trinajstić information content (AvgIpc) is 3.50. The maximum Gasteiger partial charge on any atom is 0.422 e. The predicted octanol–water partition coefficient (Wildman–Crippen LogP) is 5.31. The van der Waals surface area contributed by atoms with Gasteiger partial charge in [-0.2, -0.15) is 18.3 Å². The third-order valence-corrected chi connectivity index (χ3v) is 5.45. The topological polar surface area (TPSA) is 88.8 Å². The Balaban J connectivity index is 1.28. The van der Waals surface area contributed by atoms with Crippen LogP contribution in [0.5, 0.6) is 11.5 Å². The summed E-state index contributed by atoms with van der Waals surface area (Å²) in [6.07, 6.45) is -2.94. The Kier molecular flexibility index (Phi) is 6.27. The fraction of sp³-hybridized carbons (Fsp3) is 0.208. The van der Waals surface area contributed by atoms with Crippen molar-refractivity contribution in [1.29, 1.82) is 0 Å². The van der Waals surface area contributed by atoms with Crippen molar-refractivity contribution in [2.24, 2.45) is 5.10 Å². The molecule has 0 fully saturated rings. The van der Waals surface area contributed by atoms with E-state index in [0.29, 0.717) is 28.4 Å². The Morgan fingerprint density at radius 2 is 1.95 bits per heavy atom. The lowest BCUT2D eigenvalue weighted by Gasteiger charge is -2.19. The fourth-order valence-electron chi connectivity index (χ4n) is 3.75. The van der Waals surface area contributed by atoms with E-state index in [0.717, 1.165) is 6.07 Å². The van der Waals surface area contributed by atoms with Crippen molar-refractivity contribution in [1.82, 2.24) is 20.1 Å². The number of hydrogen-bond acceptors (Lipinski definition) is 7. The molecule has 8 nitrogen and oxygen atoms in total. The van der Waals surface area contributed by atoms with E-state index >= 15 is 0 Å². The van der Waals surface area contributed by atoms with Gasteiger partial charge in [0.25, 0.3) is 0 Å². The molecular formula is C24H18F5N5O3. The van der Waals surface area contributed by atoms with Gasteiger partial charge in [0.05, 0.1) is 43.4 Å². The highest BCUT2D eigenvalue weighted by atomic mass is 19.4. The number of hydrogen-bond donors (Lipinski definition) is 1. The molecule has 0 bridgehead atoms. The third kappa shape index (κ3) is 5.25. The molecule has 1 N–H and O–H groups in total. The van der Waals surface area contributed by atoms with E-state index in [1.807, 2.05) is 0 Å². The summed E-state index contributed by atoms with van der Waals surface area (Å²) in [5.41, 5.74) is 2.07. The van der Waals surface area contributed by atoms with Crippen LogP contribution in [0.4, 0.5) is 22.0 Å². The molecule has 1 aliphatic rings. The third-order valence-electron chi connectivity index (χ3n) is 5.45. The molecule has 192 valence electrons. The van der Waals surface area contributed by atoms with Crippen LogP contribution < -0.4 is 9.47 Å². The number of ether oxygens (including phenoxy) is 2. The van der Waals surface area contributed by atoms with Crippen LogP contribution in [-0.2, 0) is 13.1 Å². The van der Waals surface area contributed by atoms with Crippen molar-refractivity contribution in [3.8, 4) is 34.1 Å². The number of aromatic nitrogens is 3. The molecule has 0 amide bonds. The van der Waals surface area contributed by atoms with E-state index in [4.69, 9.17) is 14.0 Å². The van der Waals surface area contributed by atoms with Gasteiger partial charge in [-0.05, 0) is 24.3 Å². The normalized spacial score (nSPS) is 13.1. The monoisotopic (exact) mass is 519 g/mol. The molecule has 0 atom stereocenters. The molecule has 0 aliphatic carbocycles. The molecule has 0 saturated heterocycles. The molecule has 0 saturated carbocycles. The van der Waals surface area contributed by atoms with Crippen molar-refractivity contribution < 1.29 is 35.9 Å². The summed E-state index contributed by atoms with van der Waals surface area (Å²) in [6, 6.07) is 9.74. The number of methoxy groups -OCH3 is 1. The van der Waals surface area contributed by atoms with Crippen LogP contribution in [0.2, 0.25) is 0 Å². The molecule has 2 aromatic heterocycles. The summed E-state index contributed by atoms with van der Waals surface area (Å²) >= 11 is 0. The highest BCUT2D eigenvalue weighted by Crippen LogP contribution is 2.34. The number of fused-ring (bicyclic) bond motifs is 1. The average molecular weight is 519 g/mol. The maximum atomic E-state index is 14.2. The van der Waals surface area contributed by atoms with Crippen LogP contribution in [0.3, 0.4) is 0 Å². The van der Waals surface area contributed by atoms with Gasteiger partial charge in [-0.25, -0.2) is 13.8 Å². The maximum absolute atomic E-state index is 14.2. The van der Waals surface area contributed by atoms with Gasteiger partial charge in [0.15, 0.2) is 24.0 Å². The number of aromatic amines is 1. The molecule has 13 heteroatoms. The number of nitrogens with zero attached hydrogens (tertiary/aromatic N) is 4. The van der Waals surface area contributed by atoms with Crippen molar-refractivity contribution >= 4 is 6.21 Å². The van der Waals surface area contributed by atoms with Gasteiger partial charge >= 0.3 is 6.18 Å². The number of benzene rings is 2. The first-order valence-corrected chi connectivity index (χ1v) is 10.9. The lowest BCUT2D eigenvalue weighted by molar-refractivity contribution is -0.153. The summed E-state index contributed by atoms with van der Waals surface area (Å²) < 4.78 is 80.5. The van der Waals surface area contributed by atoms with Gasteiger partial charge in [0.1, 0.15) is 23.0 Å². The number of rotatable bonds is 7. The van der Waals surface area contributed by atoms with Crippen LogP contribution in [0.25, 0.3) is 22.6 Å². The molecule has 0 radical (unpaired) electrons. The predicted molar refractivity (Wildman–Crippen MR) is 121 cm³/mol. The van der Waals surface area contributed by atoms with Crippen LogP contribution >= 0.6 is 0 Å². The van der Waals surface area contributed by atoms with E-state index in [9.17, 15) is 22.0 Å². The number of alkyl halides is 3. The van der Waals surface area contributed by atoms with E-state index in [1.54, 1.807) is 11.1 Å². The lowest BCUT2D eigenvalue weighted by atomic mass is 10.1. The first-order chi connectivity index (χ1) is 17.7. The quantitative estimate of drug-likeness (QED) is 0.333. The van der Waals surface area contributed by atoms with Crippen molar-refractivity contribution in [3.63, 3.8) is 0 Å². The zero-order chi connectivity index (χ0) is 26.2. The Bertz CT molecular complexity index is 1460. The molecule has 0 spiro atoms. The molecule has 3 heterocycles. The lowest BCUT2D eigenvalue weighted by Crippen LogP contribution is -2.21. The first-order valence-electron chi connectivity index (χ1n) is 10.9. The number of nitrogens with one attached hydrogen (secondary N) is 1. The smallest absolute Gasteiger partial charge is 0.422 e. The second kappa shape index (κ2) is 9.56. The molecule has 5 rings (SSSR count). The molecular weight excluding hydrogens is 501 g/mol. The summed E-state index contributed by atoms with van der Waals surface area (Å²) in [6.45, 7) is -0.936. The van der Waals surface area contributed by atoms with Gasteiger partial charge in [0.2, 0.25) is 0 Å². The highest BCUT2D eigenvalue weighted by Gasteiger charge is 2.28.